The Hall–Kier alpha value is -1.97. The van der Waals surface area contributed by atoms with Gasteiger partial charge < -0.3 is 5.32 Å². The van der Waals surface area contributed by atoms with Gasteiger partial charge in [0.25, 0.3) is 0 Å². The van der Waals surface area contributed by atoms with Crippen LogP contribution in [0.2, 0.25) is 0 Å². The second kappa shape index (κ2) is 4.26. The predicted molar refractivity (Wildman–Crippen MR) is 52.5 cm³/mol. The van der Waals surface area contributed by atoms with Gasteiger partial charge in [-0.2, -0.15) is 10.5 Å². The minimum atomic E-state index is -0.844. The van der Waals surface area contributed by atoms with Crippen LogP contribution in [-0.2, 0) is 11.3 Å². The highest BCUT2D eigenvalue weighted by molar-refractivity contribution is 5.85. The maximum atomic E-state index is 11.9. The standard InChI is InChI=1S/C9H12N6O/c10-6-9(3-1-2-4-9)8(16)11-5-7-12-14-15-13-7/h1-5H2,(H,11,16)(H,12,13,14,15). The summed E-state index contributed by atoms with van der Waals surface area (Å²) in [5, 5.41) is 24.9. The Morgan fingerprint density at radius 1 is 1.56 bits per heavy atom. The molecule has 0 aliphatic heterocycles. The van der Waals surface area contributed by atoms with Gasteiger partial charge in [0.1, 0.15) is 5.41 Å². The monoisotopic (exact) mass is 220 g/mol. The first-order chi connectivity index (χ1) is 7.77. The summed E-state index contributed by atoms with van der Waals surface area (Å²) >= 11 is 0. The number of amides is 1. The van der Waals surface area contributed by atoms with Gasteiger partial charge in [0.2, 0.25) is 5.91 Å². The minimum Gasteiger partial charge on any atom is -0.347 e. The van der Waals surface area contributed by atoms with E-state index in [0.717, 1.165) is 12.8 Å². The van der Waals surface area contributed by atoms with Crippen molar-refractivity contribution in [3.05, 3.63) is 5.82 Å². The average Bonchev–Trinajstić information content (AvgIpc) is 2.97. The van der Waals surface area contributed by atoms with Gasteiger partial charge in [-0.25, -0.2) is 0 Å². The number of carbonyl (C=O) groups excluding carboxylic acids is 1. The van der Waals surface area contributed by atoms with E-state index >= 15 is 0 Å². The molecule has 16 heavy (non-hydrogen) atoms. The lowest BCUT2D eigenvalue weighted by Crippen LogP contribution is -2.38. The molecule has 1 fully saturated rings. The van der Waals surface area contributed by atoms with Crippen LogP contribution in [0.3, 0.4) is 0 Å². The van der Waals surface area contributed by atoms with Crippen molar-refractivity contribution in [3.63, 3.8) is 0 Å². The van der Waals surface area contributed by atoms with Crippen LogP contribution in [0.25, 0.3) is 0 Å². The van der Waals surface area contributed by atoms with E-state index in [9.17, 15) is 4.79 Å². The Bertz CT molecular complexity index is 400. The van der Waals surface area contributed by atoms with Gasteiger partial charge in [0, 0.05) is 0 Å². The Kier molecular flexibility index (Phi) is 2.81. The van der Waals surface area contributed by atoms with Crippen molar-refractivity contribution in [1.29, 1.82) is 5.26 Å². The Morgan fingerprint density at radius 3 is 2.88 bits per heavy atom. The van der Waals surface area contributed by atoms with Gasteiger partial charge in [-0.15, -0.1) is 10.2 Å². The van der Waals surface area contributed by atoms with Crippen LogP contribution in [0.5, 0.6) is 0 Å². The molecule has 2 rings (SSSR count). The molecule has 2 N–H and O–H groups in total. The van der Waals surface area contributed by atoms with E-state index in [4.69, 9.17) is 5.26 Å². The molecule has 1 aromatic rings. The van der Waals surface area contributed by atoms with E-state index in [-0.39, 0.29) is 12.5 Å². The molecule has 7 heteroatoms. The van der Waals surface area contributed by atoms with Crippen molar-refractivity contribution >= 4 is 5.91 Å². The molecule has 0 unspecified atom stereocenters. The molecule has 84 valence electrons. The maximum Gasteiger partial charge on any atom is 0.240 e. The zero-order valence-corrected chi connectivity index (χ0v) is 8.73. The third-order valence-corrected chi connectivity index (χ3v) is 2.90. The quantitative estimate of drug-likeness (QED) is 0.739. The van der Waals surface area contributed by atoms with Crippen LogP contribution in [0.4, 0.5) is 0 Å². The number of aromatic amines is 1. The number of rotatable bonds is 3. The van der Waals surface area contributed by atoms with E-state index in [1.807, 2.05) is 0 Å². The molecule has 1 heterocycles. The lowest BCUT2D eigenvalue weighted by molar-refractivity contribution is -0.128. The summed E-state index contributed by atoms with van der Waals surface area (Å²) in [6.45, 7) is 0.207. The second-order valence-electron chi connectivity index (χ2n) is 3.91. The van der Waals surface area contributed by atoms with Crippen molar-refractivity contribution in [2.45, 2.75) is 32.2 Å². The van der Waals surface area contributed by atoms with E-state index < -0.39 is 5.41 Å². The molecule has 0 radical (unpaired) electrons. The molecule has 1 aliphatic carbocycles. The Labute approximate surface area is 92.2 Å². The smallest absolute Gasteiger partial charge is 0.240 e. The molecular formula is C9H12N6O. The second-order valence-corrected chi connectivity index (χ2v) is 3.91. The summed E-state index contributed by atoms with van der Waals surface area (Å²) in [7, 11) is 0. The van der Waals surface area contributed by atoms with Gasteiger partial charge in [0.15, 0.2) is 5.82 Å². The van der Waals surface area contributed by atoms with E-state index in [0.29, 0.717) is 18.7 Å². The highest BCUT2D eigenvalue weighted by Gasteiger charge is 2.41. The van der Waals surface area contributed by atoms with E-state index in [2.05, 4.69) is 32.0 Å². The maximum absolute atomic E-state index is 11.9. The molecule has 1 aromatic heterocycles. The zero-order valence-electron chi connectivity index (χ0n) is 8.73. The molecule has 1 aliphatic rings. The van der Waals surface area contributed by atoms with Crippen molar-refractivity contribution in [2.75, 3.05) is 0 Å². The van der Waals surface area contributed by atoms with Gasteiger partial charge in [-0.05, 0) is 12.8 Å². The van der Waals surface area contributed by atoms with Crippen LogP contribution in [0, 0.1) is 16.7 Å². The molecule has 1 amide bonds. The largest absolute Gasteiger partial charge is 0.347 e. The number of H-pyrrole nitrogens is 1. The van der Waals surface area contributed by atoms with Crippen LogP contribution in [0.1, 0.15) is 31.5 Å². The molecule has 0 spiro atoms. The molecular weight excluding hydrogens is 208 g/mol. The molecule has 1 saturated carbocycles. The molecule has 0 atom stereocenters. The van der Waals surface area contributed by atoms with Crippen molar-refractivity contribution in [2.24, 2.45) is 5.41 Å². The van der Waals surface area contributed by atoms with Crippen molar-refractivity contribution in [3.8, 4) is 6.07 Å². The normalized spacial score (nSPS) is 17.9. The highest BCUT2D eigenvalue weighted by Crippen LogP contribution is 2.37. The number of nitrogens with zero attached hydrogens (tertiary/aromatic N) is 4. The summed E-state index contributed by atoms with van der Waals surface area (Å²) in [6, 6.07) is 2.13. The van der Waals surface area contributed by atoms with E-state index in [1.54, 1.807) is 0 Å². The fraction of sp³-hybridized carbons (Fsp3) is 0.667. The fourth-order valence-electron chi connectivity index (χ4n) is 1.95. The zero-order chi connectivity index (χ0) is 11.4. The highest BCUT2D eigenvalue weighted by atomic mass is 16.2. The number of tetrazole rings is 1. The molecule has 0 bridgehead atoms. The van der Waals surface area contributed by atoms with Crippen molar-refractivity contribution in [1.82, 2.24) is 25.9 Å². The number of carbonyl (C=O) groups is 1. The first kappa shape index (κ1) is 10.5. The first-order valence-corrected chi connectivity index (χ1v) is 5.19. The predicted octanol–water partition coefficient (Wildman–Crippen LogP) is -0.100. The third kappa shape index (κ3) is 1.86. The van der Waals surface area contributed by atoms with Crippen LogP contribution >= 0.6 is 0 Å². The summed E-state index contributed by atoms with van der Waals surface area (Å²) in [5.41, 5.74) is -0.844. The van der Waals surface area contributed by atoms with Gasteiger partial charge in [-0.1, -0.05) is 18.1 Å². The Morgan fingerprint density at radius 2 is 2.31 bits per heavy atom. The first-order valence-electron chi connectivity index (χ1n) is 5.19. The fourth-order valence-corrected chi connectivity index (χ4v) is 1.95. The van der Waals surface area contributed by atoms with Gasteiger partial charge in [0.05, 0.1) is 12.6 Å². The summed E-state index contributed by atoms with van der Waals surface area (Å²) in [4.78, 5) is 11.9. The van der Waals surface area contributed by atoms with Gasteiger partial charge in [-0.3, -0.25) is 4.79 Å². The lowest BCUT2D eigenvalue weighted by Gasteiger charge is -2.18. The lowest BCUT2D eigenvalue weighted by atomic mass is 9.87. The SMILES string of the molecule is N#CC1(C(=O)NCc2nn[nH]n2)CCCC1. The van der Waals surface area contributed by atoms with Gasteiger partial charge >= 0.3 is 0 Å². The molecule has 0 saturated heterocycles. The molecule has 7 nitrogen and oxygen atoms in total. The number of nitriles is 1. The topological polar surface area (TPSA) is 107 Å². The number of nitrogens with one attached hydrogen (secondary N) is 2. The Balaban J connectivity index is 1.95. The number of hydrogen-bond acceptors (Lipinski definition) is 5. The minimum absolute atomic E-state index is 0.207. The summed E-state index contributed by atoms with van der Waals surface area (Å²) < 4.78 is 0. The average molecular weight is 220 g/mol. The van der Waals surface area contributed by atoms with Crippen LogP contribution < -0.4 is 5.32 Å². The van der Waals surface area contributed by atoms with Crippen LogP contribution in [0.15, 0.2) is 0 Å². The summed E-state index contributed by atoms with van der Waals surface area (Å²) in [5.74, 6) is 0.191. The van der Waals surface area contributed by atoms with Crippen LogP contribution in [-0.4, -0.2) is 26.5 Å². The van der Waals surface area contributed by atoms with E-state index in [1.165, 1.54) is 0 Å². The van der Waals surface area contributed by atoms with Crippen molar-refractivity contribution < 1.29 is 4.79 Å². The third-order valence-electron chi connectivity index (χ3n) is 2.90. The number of hydrogen-bond donors (Lipinski definition) is 2. The molecule has 0 aromatic carbocycles. The summed E-state index contributed by atoms with van der Waals surface area (Å²) in [6.07, 6.45) is 3.15. The number of aromatic nitrogens is 4.